The molecule has 0 aromatic heterocycles. The van der Waals surface area contributed by atoms with Crippen LogP contribution in [0.25, 0.3) is 0 Å². The molecule has 1 fully saturated rings. The van der Waals surface area contributed by atoms with E-state index in [1.165, 1.54) is 12.1 Å². The summed E-state index contributed by atoms with van der Waals surface area (Å²) in [6, 6.07) is 4.64. The molecule has 23 heavy (non-hydrogen) atoms. The van der Waals surface area contributed by atoms with E-state index >= 15 is 0 Å². The largest absolute Gasteiger partial charge is 0.416 e. The predicted molar refractivity (Wildman–Crippen MR) is 77.9 cm³/mol. The molecule has 0 bridgehead atoms. The fourth-order valence-electron chi connectivity index (χ4n) is 2.56. The smallest absolute Gasteiger partial charge is 0.379 e. The van der Waals surface area contributed by atoms with Gasteiger partial charge in [0.1, 0.15) is 6.10 Å². The highest BCUT2D eigenvalue weighted by atomic mass is 19.4. The molecule has 128 valence electrons. The van der Waals surface area contributed by atoms with Crippen LogP contribution < -0.4 is 5.32 Å². The minimum atomic E-state index is -4.41. The molecule has 1 aliphatic heterocycles. The van der Waals surface area contributed by atoms with Gasteiger partial charge in [-0.2, -0.15) is 13.2 Å². The maximum absolute atomic E-state index is 12.7. The van der Waals surface area contributed by atoms with Crippen molar-refractivity contribution in [3.05, 3.63) is 35.4 Å². The first-order valence-corrected chi connectivity index (χ1v) is 7.55. The Morgan fingerprint density at radius 2 is 2.22 bits per heavy atom. The average Bonchev–Trinajstić information content (AvgIpc) is 2.49. The molecule has 1 N–H and O–H groups in total. The van der Waals surface area contributed by atoms with Crippen molar-refractivity contribution in [3.8, 4) is 0 Å². The first kappa shape index (κ1) is 17.7. The molecule has 0 aliphatic carbocycles. The standard InChI is InChI=1S/C16H20F3NO3/c1-2-23-14-10-22-7-6-13(14)20-15(21)9-11-4-3-5-12(8-11)16(17,18)19/h3-5,8,13-14H,2,6-7,9-10H2,1H3,(H,20,21)/t13-,14-/m1/s1. The van der Waals surface area contributed by atoms with E-state index in [0.717, 1.165) is 12.1 Å². The molecule has 0 unspecified atom stereocenters. The molecular formula is C16H20F3NO3. The Hall–Kier alpha value is -1.60. The highest BCUT2D eigenvalue weighted by Crippen LogP contribution is 2.29. The lowest BCUT2D eigenvalue weighted by atomic mass is 10.0. The van der Waals surface area contributed by atoms with Gasteiger partial charge < -0.3 is 14.8 Å². The lowest BCUT2D eigenvalue weighted by Crippen LogP contribution is -2.50. The molecular weight excluding hydrogens is 311 g/mol. The molecule has 0 spiro atoms. The van der Waals surface area contributed by atoms with Crippen molar-refractivity contribution in [1.82, 2.24) is 5.32 Å². The summed E-state index contributed by atoms with van der Waals surface area (Å²) in [4.78, 5) is 12.1. The summed E-state index contributed by atoms with van der Waals surface area (Å²) in [5, 5.41) is 2.84. The molecule has 1 amide bonds. The third-order valence-electron chi connectivity index (χ3n) is 3.65. The number of nitrogens with one attached hydrogen (secondary N) is 1. The molecule has 1 aromatic rings. The predicted octanol–water partition coefficient (Wildman–Crippen LogP) is 2.56. The maximum atomic E-state index is 12.7. The second-order valence-electron chi connectivity index (χ2n) is 5.41. The number of hydrogen-bond acceptors (Lipinski definition) is 3. The second kappa shape index (κ2) is 7.79. The summed E-state index contributed by atoms with van der Waals surface area (Å²) >= 11 is 0. The Morgan fingerprint density at radius 1 is 1.43 bits per heavy atom. The summed E-state index contributed by atoms with van der Waals surface area (Å²) in [6.45, 7) is 3.30. The van der Waals surface area contributed by atoms with Crippen molar-refractivity contribution in [2.45, 2.75) is 38.1 Å². The van der Waals surface area contributed by atoms with E-state index in [4.69, 9.17) is 9.47 Å². The summed E-state index contributed by atoms with van der Waals surface area (Å²) in [7, 11) is 0. The van der Waals surface area contributed by atoms with E-state index in [0.29, 0.717) is 31.8 Å². The van der Waals surface area contributed by atoms with Crippen LogP contribution in [0.4, 0.5) is 13.2 Å². The van der Waals surface area contributed by atoms with Crippen molar-refractivity contribution in [3.63, 3.8) is 0 Å². The summed E-state index contributed by atoms with van der Waals surface area (Å²) in [5.41, 5.74) is -0.418. The normalized spacial score (nSPS) is 21.9. The van der Waals surface area contributed by atoms with Gasteiger partial charge in [0.2, 0.25) is 5.91 Å². The first-order valence-electron chi connectivity index (χ1n) is 7.55. The minimum absolute atomic E-state index is 0.0971. The number of halogens is 3. The number of alkyl halides is 3. The molecule has 2 atom stereocenters. The summed E-state index contributed by atoms with van der Waals surface area (Å²) in [5.74, 6) is -0.319. The van der Waals surface area contributed by atoms with Gasteiger partial charge in [0.15, 0.2) is 0 Å². The van der Waals surface area contributed by atoms with Gasteiger partial charge in [-0.1, -0.05) is 18.2 Å². The highest BCUT2D eigenvalue weighted by Gasteiger charge is 2.31. The quantitative estimate of drug-likeness (QED) is 0.902. The Balaban J connectivity index is 1.96. The lowest BCUT2D eigenvalue weighted by Gasteiger charge is -2.31. The minimum Gasteiger partial charge on any atom is -0.379 e. The van der Waals surface area contributed by atoms with Gasteiger partial charge in [-0.05, 0) is 25.0 Å². The highest BCUT2D eigenvalue weighted by molar-refractivity contribution is 5.79. The van der Waals surface area contributed by atoms with Gasteiger partial charge in [-0.15, -0.1) is 0 Å². The molecule has 1 aliphatic rings. The van der Waals surface area contributed by atoms with Crippen LogP contribution in [0.3, 0.4) is 0 Å². The van der Waals surface area contributed by atoms with Crippen LogP contribution in [-0.2, 0) is 26.9 Å². The zero-order valence-corrected chi connectivity index (χ0v) is 12.9. The average molecular weight is 331 g/mol. The van der Waals surface area contributed by atoms with Crippen molar-refractivity contribution < 1.29 is 27.4 Å². The van der Waals surface area contributed by atoms with Crippen molar-refractivity contribution in [2.75, 3.05) is 19.8 Å². The van der Waals surface area contributed by atoms with Crippen LogP contribution in [0.15, 0.2) is 24.3 Å². The monoisotopic (exact) mass is 331 g/mol. The molecule has 1 saturated heterocycles. The number of carbonyl (C=O) groups excluding carboxylic acids is 1. The van der Waals surface area contributed by atoms with E-state index in [2.05, 4.69) is 5.32 Å². The van der Waals surface area contributed by atoms with Crippen molar-refractivity contribution >= 4 is 5.91 Å². The van der Waals surface area contributed by atoms with Gasteiger partial charge >= 0.3 is 6.18 Å². The van der Waals surface area contributed by atoms with Gasteiger partial charge in [-0.25, -0.2) is 0 Å². The van der Waals surface area contributed by atoms with Gasteiger partial charge in [0.25, 0.3) is 0 Å². The second-order valence-corrected chi connectivity index (χ2v) is 5.41. The first-order chi connectivity index (χ1) is 10.9. The zero-order valence-electron chi connectivity index (χ0n) is 12.9. The van der Waals surface area contributed by atoms with Crippen LogP contribution in [0.1, 0.15) is 24.5 Å². The number of hydrogen-bond donors (Lipinski definition) is 1. The van der Waals surface area contributed by atoms with Gasteiger partial charge in [0.05, 0.1) is 24.6 Å². The van der Waals surface area contributed by atoms with Crippen LogP contribution in [-0.4, -0.2) is 37.9 Å². The Kier molecular flexibility index (Phi) is 6.01. The molecule has 0 saturated carbocycles. The fourth-order valence-corrected chi connectivity index (χ4v) is 2.56. The topological polar surface area (TPSA) is 47.6 Å². The number of rotatable bonds is 5. The maximum Gasteiger partial charge on any atom is 0.416 e. The van der Waals surface area contributed by atoms with Crippen LogP contribution in [0.2, 0.25) is 0 Å². The van der Waals surface area contributed by atoms with Crippen molar-refractivity contribution in [2.24, 2.45) is 0 Å². The van der Waals surface area contributed by atoms with Crippen LogP contribution in [0.5, 0.6) is 0 Å². The van der Waals surface area contributed by atoms with Gasteiger partial charge in [-0.3, -0.25) is 4.79 Å². The molecule has 0 radical (unpaired) electrons. The zero-order chi connectivity index (χ0) is 16.9. The van der Waals surface area contributed by atoms with E-state index in [1.807, 2.05) is 6.92 Å². The number of carbonyl (C=O) groups is 1. The SMILES string of the molecule is CCO[C@@H]1COCC[C@H]1NC(=O)Cc1cccc(C(F)(F)F)c1. The third-order valence-corrected chi connectivity index (χ3v) is 3.65. The van der Waals surface area contributed by atoms with E-state index in [-0.39, 0.29) is 24.5 Å². The third kappa shape index (κ3) is 5.21. The summed E-state index contributed by atoms with van der Waals surface area (Å²) in [6.07, 6.45) is -4.11. The number of benzene rings is 1. The van der Waals surface area contributed by atoms with Crippen LogP contribution >= 0.6 is 0 Å². The lowest BCUT2D eigenvalue weighted by molar-refractivity contribution is -0.137. The molecule has 7 heteroatoms. The van der Waals surface area contributed by atoms with E-state index in [1.54, 1.807) is 0 Å². The Labute approximate surface area is 133 Å². The molecule has 1 aromatic carbocycles. The van der Waals surface area contributed by atoms with E-state index < -0.39 is 11.7 Å². The Bertz CT molecular complexity index is 532. The number of ether oxygens (including phenoxy) is 2. The molecule has 1 heterocycles. The van der Waals surface area contributed by atoms with Gasteiger partial charge in [0, 0.05) is 13.2 Å². The van der Waals surface area contributed by atoms with Crippen molar-refractivity contribution in [1.29, 1.82) is 0 Å². The van der Waals surface area contributed by atoms with E-state index in [9.17, 15) is 18.0 Å². The Morgan fingerprint density at radius 3 is 2.91 bits per heavy atom. The van der Waals surface area contributed by atoms with Crippen LogP contribution in [0, 0.1) is 0 Å². The molecule has 2 rings (SSSR count). The number of amides is 1. The fraction of sp³-hybridized carbons (Fsp3) is 0.562. The molecule has 4 nitrogen and oxygen atoms in total. The summed E-state index contributed by atoms with van der Waals surface area (Å²) < 4.78 is 48.9.